The molecule has 5 heteroatoms. The number of nitrogens with zero attached hydrogens (tertiary/aromatic N) is 1. The van der Waals surface area contributed by atoms with Crippen molar-refractivity contribution in [2.24, 2.45) is 7.05 Å². The first-order valence-electron chi connectivity index (χ1n) is 6.00. The topological polar surface area (TPSA) is 80.3 Å². The zero-order chi connectivity index (χ0) is 13.8. The smallest absolute Gasteiger partial charge is 0.268 e. The van der Waals surface area contributed by atoms with Gasteiger partial charge in [0.2, 0.25) is 0 Å². The summed E-state index contributed by atoms with van der Waals surface area (Å²) in [6.07, 6.45) is 1.67. The zero-order valence-electron chi connectivity index (χ0n) is 10.7. The first-order chi connectivity index (χ1) is 9.11. The van der Waals surface area contributed by atoms with E-state index in [9.17, 15) is 9.90 Å². The summed E-state index contributed by atoms with van der Waals surface area (Å²) in [7, 11) is 1.75. The van der Waals surface area contributed by atoms with Crippen LogP contribution in [0.3, 0.4) is 0 Å². The lowest BCUT2D eigenvalue weighted by atomic mass is 10.1. The Bertz CT molecular complexity index is 563. The van der Waals surface area contributed by atoms with Crippen LogP contribution < -0.4 is 11.1 Å². The van der Waals surface area contributed by atoms with Crippen molar-refractivity contribution in [2.45, 2.75) is 6.04 Å². The lowest BCUT2D eigenvalue weighted by Gasteiger charge is -2.16. The zero-order valence-corrected chi connectivity index (χ0v) is 10.7. The summed E-state index contributed by atoms with van der Waals surface area (Å²) in [4.78, 5) is 12.1. The van der Waals surface area contributed by atoms with Crippen molar-refractivity contribution in [2.75, 3.05) is 12.3 Å². The quantitative estimate of drug-likeness (QED) is 0.768. The number of aromatic nitrogens is 1. The Morgan fingerprint density at radius 1 is 1.42 bits per heavy atom. The van der Waals surface area contributed by atoms with Gasteiger partial charge in [-0.1, -0.05) is 30.3 Å². The molecule has 0 saturated heterocycles. The molecule has 0 aliphatic rings. The molecule has 1 aromatic heterocycles. The third kappa shape index (κ3) is 2.95. The standard InChI is InChI=1S/C14H17N3O2/c1-17-8-11(15)7-13(17)14(19)16-12(9-18)10-5-3-2-4-6-10/h2-8,12,18H,9,15H2,1H3,(H,16,19). The minimum absolute atomic E-state index is 0.157. The number of amides is 1. The van der Waals surface area contributed by atoms with Gasteiger partial charge in [-0.2, -0.15) is 0 Å². The molecule has 1 heterocycles. The number of aliphatic hydroxyl groups excluding tert-OH is 1. The Labute approximate surface area is 111 Å². The van der Waals surface area contributed by atoms with Gasteiger partial charge in [0, 0.05) is 13.2 Å². The van der Waals surface area contributed by atoms with Crippen molar-refractivity contribution in [3.8, 4) is 0 Å². The molecule has 1 atom stereocenters. The first kappa shape index (κ1) is 13.2. The van der Waals surface area contributed by atoms with Gasteiger partial charge < -0.3 is 20.7 Å². The maximum atomic E-state index is 12.1. The van der Waals surface area contributed by atoms with Gasteiger partial charge in [0.1, 0.15) is 5.69 Å². The number of hydrogen-bond acceptors (Lipinski definition) is 3. The van der Waals surface area contributed by atoms with Crippen LogP contribution in [0.2, 0.25) is 0 Å². The third-order valence-corrected chi connectivity index (χ3v) is 2.95. The Morgan fingerprint density at radius 3 is 2.63 bits per heavy atom. The summed E-state index contributed by atoms with van der Waals surface area (Å²) in [6, 6.07) is 10.5. The van der Waals surface area contributed by atoms with E-state index < -0.39 is 6.04 Å². The number of aryl methyl sites for hydroxylation is 1. The predicted molar refractivity (Wildman–Crippen MR) is 73.6 cm³/mol. The van der Waals surface area contributed by atoms with Crippen LogP contribution >= 0.6 is 0 Å². The number of nitrogens with one attached hydrogen (secondary N) is 1. The molecule has 5 nitrogen and oxygen atoms in total. The highest BCUT2D eigenvalue weighted by Gasteiger charge is 2.17. The van der Waals surface area contributed by atoms with Gasteiger partial charge in [-0.15, -0.1) is 0 Å². The molecule has 0 bridgehead atoms. The van der Waals surface area contributed by atoms with Crippen LogP contribution in [-0.2, 0) is 7.05 Å². The molecule has 0 aliphatic carbocycles. The highest BCUT2D eigenvalue weighted by molar-refractivity contribution is 5.94. The van der Waals surface area contributed by atoms with Gasteiger partial charge in [0.25, 0.3) is 5.91 Å². The summed E-state index contributed by atoms with van der Waals surface area (Å²) in [5, 5.41) is 12.2. The lowest BCUT2D eigenvalue weighted by molar-refractivity contribution is 0.0908. The summed E-state index contributed by atoms with van der Waals surface area (Å²) in [5.41, 5.74) is 7.50. The van der Waals surface area contributed by atoms with Crippen molar-refractivity contribution in [3.05, 3.63) is 53.9 Å². The number of rotatable bonds is 4. The van der Waals surface area contributed by atoms with E-state index in [1.54, 1.807) is 23.9 Å². The van der Waals surface area contributed by atoms with Crippen molar-refractivity contribution < 1.29 is 9.90 Å². The molecule has 2 rings (SSSR count). The number of aliphatic hydroxyl groups is 1. The molecule has 1 amide bonds. The van der Waals surface area contributed by atoms with Crippen molar-refractivity contribution in [1.82, 2.24) is 9.88 Å². The number of nitrogen functional groups attached to an aromatic ring is 1. The number of anilines is 1. The molecule has 1 aromatic carbocycles. The summed E-state index contributed by atoms with van der Waals surface area (Å²) >= 11 is 0. The summed E-state index contributed by atoms with van der Waals surface area (Å²) < 4.78 is 1.66. The lowest BCUT2D eigenvalue weighted by Crippen LogP contribution is -2.31. The van der Waals surface area contributed by atoms with Crippen LogP contribution in [0.15, 0.2) is 42.6 Å². The summed E-state index contributed by atoms with van der Waals surface area (Å²) in [5.74, 6) is -0.262. The minimum Gasteiger partial charge on any atom is -0.397 e. The van der Waals surface area contributed by atoms with E-state index in [1.807, 2.05) is 30.3 Å². The maximum absolute atomic E-state index is 12.1. The first-order valence-corrected chi connectivity index (χ1v) is 6.00. The molecule has 4 N–H and O–H groups in total. The molecule has 1 unspecified atom stereocenters. The third-order valence-electron chi connectivity index (χ3n) is 2.95. The van der Waals surface area contributed by atoms with Crippen LogP contribution in [0.1, 0.15) is 22.1 Å². The van der Waals surface area contributed by atoms with Gasteiger partial charge in [-0.25, -0.2) is 0 Å². The van der Waals surface area contributed by atoms with E-state index in [0.717, 1.165) is 5.56 Å². The Kier molecular flexibility index (Phi) is 3.87. The number of carbonyl (C=O) groups is 1. The van der Waals surface area contributed by atoms with E-state index in [4.69, 9.17) is 5.73 Å². The maximum Gasteiger partial charge on any atom is 0.268 e. The SMILES string of the molecule is Cn1cc(N)cc1C(=O)NC(CO)c1ccccc1. The molecular weight excluding hydrogens is 242 g/mol. The second-order valence-electron chi connectivity index (χ2n) is 4.39. The molecule has 100 valence electrons. The number of nitrogens with two attached hydrogens (primary N) is 1. The van der Waals surface area contributed by atoms with Gasteiger partial charge >= 0.3 is 0 Å². The van der Waals surface area contributed by atoms with Crippen molar-refractivity contribution in [3.63, 3.8) is 0 Å². The van der Waals surface area contributed by atoms with E-state index in [0.29, 0.717) is 11.4 Å². The number of hydrogen-bond donors (Lipinski definition) is 3. The predicted octanol–water partition coefficient (Wildman–Crippen LogP) is 1.07. The average molecular weight is 259 g/mol. The molecule has 2 aromatic rings. The van der Waals surface area contributed by atoms with E-state index in [1.165, 1.54) is 0 Å². The van der Waals surface area contributed by atoms with Gasteiger partial charge in [-0.3, -0.25) is 4.79 Å². The Morgan fingerprint density at radius 2 is 2.11 bits per heavy atom. The van der Waals surface area contributed by atoms with Gasteiger partial charge in [0.05, 0.1) is 18.3 Å². The van der Waals surface area contributed by atoms with Crippen LogP contribution in [-0.4, -0.2) is 22.2 Å². The molecule has 19 heavy (non-hydrogen) atoms. The number of benzene rings is 1. The van der Waals surface area contributed by atoms with Crippen LogP contribution in [0.4, 0.5) is 5.69 Å². The van der Waals surface area contributed by atoms with E-state index >= 15 is 0 Å². The largest absolute Gasteiger partial charge is 0.397 e. The molecule has 0 fully saturated rings. The van der Waals surface area contributed by atoms with E-state index in [2.05, 4.69) is 5.32 Å². The average Bonchev–Trinajstić information content (AvgIpc) is 2.76. The van der Waals surface area contributed by atoms with E-state index in [-0.39, 0.29) is 12.5 Å². The normalized spacial score (nSPS) is 12.1. The molecule has 0 saturated carbocycles. The molecular formula is C14H17N3O2. The minimum atomic E-state index is -0.426. The summed E-state index contributed by atoms with van der Waals surface area (Å²) in [6.45, 7) is -0.157. The van der Waals surface area contributed by atoms with Crippen LogP contribution in [0, 0.1) is 0 Å². The Hall–Kier alpha value is -2.27. The molecule has 0 radical (unpaired) electrons. The fourth-order valence-electron chi connectivity index (χ4n) is 1.97. The fraction of sp³-hybridized carbons (Fsp3) is 0.214. The number of carbonyl (C=O) groups excluding carboxylic acids is 1. The fourth-order valence-corrected chi connectivity index (χ4v) is 1.97. The van der Waals surface area contributed by atoms with Crippen molar-refractivity contribution in [1.29, 1.82) is 0 Å². The highest BCUT2D eigenvalue weighted by atomic mass is 16.3. The van der Waals surface area contributed by atoms with Crippen molar-refractivity contribution >= 4 is 11.6 Å². The molecule has 0 aliphatic heterocycles. The van der Waals surface area contributed by atoms with Gasteiger partial charge in [0.15, 0.2) is 0 Å². The molecule has 0 spiro atoms. The van der Waals surface area contributed by atoms with Gasteiger partial charge in [-0.05, 0) is 11.6 Å². The monoisotopic (exact) mass is 259 g/mol. The van der Waals surface area contributed by atoms with Crippen LogP contribution in [0.25, 0.3) is 0 Å². The Balaban J connectivity index is 2.15. The second kappa shape index (κ2) is 5.58. The second-order valence-corrected chi connectivity index (χ2v) is 4.39. The highest BCUT2D eigenvalue weighted by Crippen LogP contribution is 2.14. The van der Waals surface area contributed by atoms with Crippen LogP contribution in [0.5, 0.6) is 0 Å².